The summed E-state index contributed by atoms with van der Waals surface area (Å²) >= 11 is 4.06. The predicted molar refractivity (Wildman–Crippen MR) is 107 cm³/mol. The van der Waals surface area contributed by atoms with E-state index >= 15 is 0 Å². The average Bonchev–Trinajstić information content (AvgIpc) is 2.45. The Balaban J connectivity index is 1.52. The topological polar surface area (TPSA) is 29.1 Å². The molecule has 4 aliphatic rings. The van der Waals surface area contributed by atoms with Crippen LogP contribution in [0.4, 0.5) is 5.69 Å². The van der Waals surface area contributed by atoms with Crippen molar-refractivity contribution < 1.29 is 4.79 Å². The van der Waals surface area contributed by atoms with Gasteiger partial charge in [-0.05, 0) is 79.7 Å². The fourth-order valence-corrected chi connectivity index (χ4v) is 7.92. The molecule has 4 saturated carbocycles. The predicted octanol–water partition coefficient (Wildman–Crippen LogP) is 6.18. The number of nitrogens with one attached hydrogen (secondary N) is 1. The molecule has 4 bridgehead atoms. The lowest BCUT2D eigenvalue weighted by Gasteiger charge is -2.60. The summed E-state index contributed by atoms with van der Waals surface area (Å²) in [7, 11) is 0. The molecule has 4 atom stereocenters. The molecule has 4 aliphatic carbocycles. The normalized spacial score (nSPS) is 36.0. The van der Waals surface area contributed by atoms with E-state index in [1.54, 1.807) is 0 Å². The standard InChI is InChI=1S/C22H30BrNO/c1-14(2)18-6-4-5-15(3)20(18)24-19(25)12-21-8-16-7-17(9-21)11-22(23,10-16)13-21/h4-6,14,16-17H,7-13H2,1-3H3,(H,24,25)/t16-,17+,21?,22?. The molecular weight excluding hydrogens is 374 g/mol. The van der Waals surface area contributed by atoms with Crippen LogP contribution in [0.3, 0.4) is 0 Å². The van der Waals surface area contributed by atoms with Gasteiger partial charge in [-0.25, -0.2) is 0 Å². The van der Waals surface area contributed by atoms with E-state index in [9.17, 15) is 4.79 Å². The Kier molecular flexibility index (Phi) is 4.30. The SMILES string of the molecule is Cc1cccc(C(C)C)c1NC(=O)CC12C[C@@H]3C[C@@H](CC(Br)(C3)C1)C2. The van der Waals surface area contributed by atoms with Gasteiger partial charge in [-0.1, -0.05) is 48.0 Å². The molecule has 0 spiro atoms. The van der Waals surface area contributed by atoms with Gasteiger partial charge in [0.15, 0.2) is 0 Å². The molecule has 2 nitrogen and oxygen atoms in total. The van der Waals surface area contributed by atoms with Gasteiger partial charge in [0.2, 0.25) is 5.91 Å². The van der Waals surface area contributed by atoms with Crippen LogP contribution in [0, 0.1) is 24.2 Å². The van der Waals surface area contributed by atoms with Gasteiger partial charge in [-0.15, -0.1) is 0 Å². The molecule has 136 valence electrons. The highest BCUT2D eigenvalue weighted by molar-refractivity contribution is 9.10. The number of alkyl halides is 1. The highest BCUT2D eigenvalue weighted by atomic mass is 79.9. The number of rotatable bonds is 4. The van der Waals surface area contributed by atoms with E-state index < -0.39 is 0 Å². The van der Waals surface area contributed by atoms with Crippen LogP contribution in [0.1, 0.15) is 75.8 Å². The second-order valence-electron chi connectivity index (χ2n) is 9.53. The molecule has 0 heterocycles. The first-order chi connectivity index (χ1) is 11.8. The number of carbonyl (C=O) groups is 1. The van der Waals surface area contributed by atoms with E-state index in [2.05, 4.69) is 60.2 Å². The van der Waals surface area contributed by atoms with Crippen molar-refractivity contribution in [2.75, 3.05) is 5.32 Å². The summed E-state index contributed by atoms with van der Waals surface area (Å²) in [6.07, 6.45) is 8.44. The van der Waals surface area contributed by atoms with Gasteiger partial charge in [0, 0.05) is 16.4 Å². The zero-order chi connectivity index (χ0) is 17.8. The Hall–Kier alpha value is -0.830. The Labute approximate surface area is 160 Å². The Morgan fingerprint density at radius 2 is 1.92 bits per heavy atom. The number of anilines is 1. The van der Waals surface area contributed by atoms with Gasteiger partial charge in [0.25, 0.3) is 0 Å². The lowest BCUT2D eigenvalue weighted by atomic mass is 9.48. The lowest BCUT2D eigenvalue weighted by molar-refractivity contribution is -0.123. The Bertz CT molecular complexity index is 681. The third kappa shape index (κ3) is 3.29. The van der Waals surface area contributed by atoms with E-state index in [-0.39, 0.29) is 11.3 Å². The molecule has 0 aromatic heterocycles. The molecule has 1 aromatic rings. The molecule has 5 rings (SSSR count). The molecule has 1 aromatic carbocycles. The molecule has 0 radical (unpaired) electrons. The van der Waals surface area contributed by atoms with E-state index in [1.165, 1.54) is 49.7 Å². The van der Waals surface area contributed by atoms with Gasteiger partial charge >= 0.3 is 0 Å². The van der Waals surface area contributed by atoms with Gasteiger partial charge in [-0.3, -0.25) is 4.79 Å². The first-order valence-corrected chi connectivity index (χ1v) is 10.7. The minimum Gasteiger partial charge on any atom is -0.326 e. The van der Waals surface area contributed by atoms with Crippen molar-refractivity contribution >= 4 is 27.5 Å². The van der Waals surface area contributed by atoms with Crippen LogP contribution in [0.5, 0.6) is 0 Å². The second kappa shape index (κ2) is 6.11. The summed E-state index contributed by atoms with van der Waals surface area (Å²) in [6, 6.07) is 6.33. The smallest absolute Gasteiger partial charge is 0.224 e. The van der Waals surface area contributed by atoms with Crippen molar-refractivity contribution in [3.05, 3.63) is 29.3 Å². The molecule has 0 saturated heterocycles. The summed E-state index contributed by atoms with van der Waals surface area (Å²) in [4.78, 5) is 13.0. The summed E-state index contributed by atoms with van der Waals surface area (Å²) < 4.78 is 0.323. The number of hydrogen-bond acceptors (Lipinski definition) is 1. The molecule has 0 aliphatic heterocycles. The summed E-state index contributed by atoms with van der Waals surface area (Å²) in [5, 5.41) is 3.29. The number of hydrogen-bond donors (Lipinski definition) is 1. The molecule has 3 heteroatoms. The minimum absolute atomic E-state index is 0.217. The van der Waals surface area contributed by atoms with Crippen LogP contribution in [0.2, 0.25) is 0 Å². The monoisotopic (exact) mass is 403 g/mol. The maximum Gasteiger partial charge on any atom is 0.224 e. The summed E-state index contributed by atoms with van der Waals surface area (Å²) in [5.74, 6) is 2.30. The maximum absolute atomic E-state index is 13.0. The van der Waals surface area contributed by atoms with Gasteiger partial charge in [-0.2, -0.15) is 0 Å². The lowest BCUT2D eigenvalue weighted by Crippen LogP contribution is -2.53. The van der Waals surface area contributed by atoms with E-state index in [4.69, 9.17) is 0 Å². The largest absolute Gasteiger partial charge is 0.326 e. The Morgan fingerprint density at radius 1 is 1.24 bits per heavy atom. The quantitative estimate of drug-likeness (QED) is 0.597. The molecule has 1 amide bonds. The van der Waals surface area contributed by atoms with E-state index in [0.717, 1.165) is 17.5 Å². The van der Waals surface area contributed by atoms with Crippen molar-refractivity contribution in [3.8, 4) is 0 Å². The third-order valence-electron chi connectivity index (χ3n) is 6.84. The van der Waals surface area contributed by atoms with Crippen LogP contribution in [-0.4, -0.2) is 10.2 Å². The fourth-order valence-electron chi connectivity index (χ4n) is 6.41. The van der Waals surface area contributed by atoms with Gasteiger partial charge in [0.1, 0.15) is 0 Å². The summed E-state index contributed by atoms with van der Waals surface area (Å²) in [6.45, 7) is 6.48. The summed E-state index contributed by atoms with van der Waals surface area (Å²) in [5.41, 5.74) is 3.69. The van der Waals surface area contributed by atoms with Crippen LogP contribution in [-0.2, 0) is 4.79 Å². The molecule has 25 heavy (non-hydrogen) atoms. The fraction of sp³-hybridized carbons (Fsp3) is 0.682. The third-order valence-corrected chi connectivity index (χ3v) is 7.77. The zero-order valence-corrected chi connectivity index (χ0v) is 17.3. The van der Waals surface area contributed by atoms with Gasteiger partial charge < -0.3 is 5.32 Å². The highest BCUT2D eigenvalue weighted by Crippen LogP contribution is 2.65. The van der Waals surface area contributed by atoms with Crippen LogP contribution in [0.15, 0.2) is 18.2 Å². The van der Waals surface area contributed by atoms with Crippen molar-refractivity contribution in [2.45, 2.75) is 76.0 Å². The van der Waals surface area contributed by atoms with Crippen LogP contribution >= 0.6 is 15.9 Å². The second-order valence-corrected chi connectivity index (χ2v) is 11.2. The van der Waals surface area contributed by atoms with Crippen molar-refractivity contribution in [1.82, 2.24) is 0 Å². The average molecular weight is 404 g/mol. The number of halogens is 1. The zero-order valence-electron chi connectivity index (χ0n) is 15.7. The minimum atomic E-state index is 0.217. The number of carbonyl (C=O) groups excluding carboxylic acids is 1. The van der Waals surface area contributed by atoms with Crippen molar-refractivity contribution in [3.63, 3.8) is 0 Å². The van der Waals surface area contributed by atoms with Crippen molar-refractivity contribution in [1.29, 1.82) is 0 Å². The highest BCUT2D eigenvalue weighted by Gasteiger charge is 2.57. The molecule has 4 fully saturated rings. The van der Waals surface area contributed by atoms with E-state index in [1.807, 2.05) is 0 Å². The molecule has 1 N–H and O–H groups in total. The first-order valence-electron chi connectivity index (χ1n) is 9.86. The van der Waals surface area contributed by atoms with Gasteiger partial charge in [0.05, 0.1) is 0 Å². The van der Waals surface area contributed by atoms with Crippen LogP contribution in [0.25, 0.3) is 0 Å². The number of para-hydroxylation sites is 1. The number of aryl methyl sites for hydroxylation is 1. The van der Waals surface area contributed by atoms with Crippen molar-refractivity contribution in [2.24, 2.45) is 17.3 Å². The molecule has 2 unspecified atom stereocenters. The number of benzene rings is 1. The maximum atomic E-state index is 13.0. The number of amides is 1. The Morgan fingerprint density at radius 3 is 2.52 bits per heavy atom. The first kappa shape index (κ1) is 17.6. The molecular formula is C22H30BrNO. The van der Waals surface area contributed by atoms with E-state index in [0.29, 0.717) is 16.7 Å². The van der Waals surface area contributed by atoms with Crippen LogP contribution < -0.4 is 5.32 Å².